The minimum Gasteiger partial charge on any atom is -0.436 e. The lowest BCUT2D eigenvalue weighted by Gasteiger charge is -2.44. The number of nitrogens with zero attached hydrogens (tertiary/aromatic N) is 3. The number of halogens is 1. The molecule has 3 heterocycles. The first-order valence-electron chi connectivity index (χ1n) is 16.1. The molecule has 3 N–H and O–H groups in total. The number of fused-ring (bicyclic) bond motifs is 2. The van der Waals surface area contributed by atoms with E-state index in [1.165, 1.54) is 32.1 Å². The highest BCUT2D eigenvalue weighted by Crippen LogP contribution is 2.45. The van der Waals surface area contributed by atoms with E-state index in [1.54, 1.807) is 11.0 Å². The number of piperidine rings is 1. The van der Waals surface area contributed by atoms with Crippen LogP contribution < -0.4 is 11.1 Å². The van der Waals surface area contributed by atoms with Gasteiger partial charge in [0, 0.05) is 69.3 Å². The van der Waals surface area contributed by atoms with Crippen molar-refractivity contribution >= 4 is 40.9 Å². The maximum Gasteiger partial charge on any atom is 0.410 e. The first kappa shape index (κ1) is 30.7. The number of anilines is 2. The summed E-state index contributed by atoms with van der Waals surface area (Å²) in [5.41, 5.74) is 9.89. The topological polar surface area (TPSA) is 108 Å². The van der Waals surface area contributed by atoms with Crippen molar-refractivity contribution in [1.29, 1.82) is 0 Å². The maximum absolute atomic E-state index is 14.0. The van der Waals surface area contributed by atoms with E-state index in [4.69, 9.17) is 22.1 Å². The Kier molecular flexibility index (Phi) is 9.06. The zero-order valence-corrected chi connectivity index (χ0v) is 26.4. The van der Waals surface area contributed by atoms with Crippen molar-refractivity contribution in [2.45, 2.75) is 82.3 Å². The van der Waals surface area contributed by atoms with Crippen LogP contribution in [0.25, 0.3) is 0 Å². The van der Waals surface area contributed by atoms with Crippen LogP contribution in [-0.2, 0) is 26.2 Å². The van der Waals surface area contributed by atoms with Gasteiger partial charge in [0.15, 0.2) is 6.10 Å². The monoisotopic (exact) mass is 621 g/mol. The summed E-state index contributed by atoms with van der Waals surface area (Å²) in [6.45, 7) is 5.71. The van der Waals surface area contributed by atoms with Gasteiger partial charge in [-0.05, 0) is 61.4 Å². The van der Waals surface area contributed by atoms with Crippen molar-refractivity contribution in [3.05, 3.63) is 58.1 Å². The number of benzene rings is 2. The van der Waals surface area contributed by atoms with Gasteiger partial charge in [-0.25, -0.2) is 4.79 Å². The largest absolute Gasteiger partial charge is 0.436 e. The second kappa shape index (κ2) is 13.0. The summed E-state index contributed by atoms with van der Waals surface area (Å²) in [6, 6.07) is 12.2. The van der Waals surface area contributed by atoms with Crippen molar-refractivity contribution in [1.82, 2.24) is 14.7 Å². The summed E-state index contributed by atoms with van der Waals surface area (Å²) in [7, 11) is 0. The van der Waals surface area contributed by atoms with Crippen LogP contribution in [0, 0.1) is 6.92 Å². The van der Waals surface area contributed by atoms with E-state index < -0.39 is 12.2 Å². The molecular formula is C34H44ClN5O4. The van der Waals surface area contributed by atoms with Gasteiger partial charge in [0.05, 0.1) is 10.7 Å². The van der Waals surface area contributed by atoms with Crippen LogP contribution in [0.1, 0.15) is 68.1 Å². The highest BCUT2D eigenvalue weighted by Gasteiger charge is 2.44. The SMILES string of the molecule is Cc1cc(C[C@@H](OC(=O)N2CCC3(CC2)CC(=O)Nc2ccccc23)C(=O)N2CCN(C3CCCCC3)CC2)cc(Cl)c1N. The lowest BCUT2D eigenvalue weighted by Crippen LogP contribution is -2.55. The molecule has 2 saturated heterocycles. The zero-order chi connectivity index (χ0) is 30.8. The van der Waals surface area contributed by atoms with E-state index in [0.717, 1.165) is 35.5 Å². The molecule has 2 aromatic rings. The number of amides is 3. The average molecular weight is 622 g/mol. The minimum atomic E-state index is -0.972. The number of nitrogens with one attached hydrogen (secondary N) is 1. The molecule has 0 radical (unpaired) electrons. The van der Waals surface area contributed by atoms with Gasteiger partial charge in [-0.2, -0.15) is 0 Å². The van der Waals surface area contributed by atoms with Crippen LogP contribution in [0.2, 0.25) is 5.02 Å². The average Bonchev–Trinajstić information content (AvgIpc) is 3.03. The fourth-order valence-electron chi connectivity index (χ4n) is 7.71. The normalized spacial score (nSPS) is 21.5. The third-order valence-electron chi connectivity index (χ3n) is 10.3. The van der Waals surface area contributed by atoms with Gasteiger partial charge in [0.25, 0.3) is 5.91 Å². The lowest BCUT2D eigenvalue weighted by molar-refractivity contribution is -0.143. The van der Waals surface area contributed by atoms with Crippen molar-refractivity contribution in [3.63, 3.8) is 0 Å². The molecule has 0 unspecified atom stereocenters. The molecule has 10 heteroatoms. The Morgan fingerprint density at radius 1 is 1.02 bits per heavy atom. The van der Waals surface area contributed by atoms with Gasteiger partial charge in [-0.1, -0.05) is 55.1 Å². The Morgan fingerprint density at radius 3 is 2.43 bits per heavy atom. The van der Waals surface area contributed by atoms with Crippen LogP contribution in [0.15, 0.2) is 36.4 Å². The molecule has 3 fully saturated rings. The number of aryl methyl sites for hydroxylation is 1. The molecular weight excluding hydrogens is 578 g/mol. The van der Waals surface area contributed by atoms with E-state index in [1.807, 2.05) is 36.1 Å². The number of carbonyl (C=O) groups excluding carboxylic acids is 3. The number of carbonyl (C=O) groups is 3. The molecule has 4 aliphatic rings. The molecule has 0 bridgehead atoms. The smallest absolute Gasteiger partial charge is 0.410 e. The predicted octanol–water partition coefficient (Wildman–Crippen LogP) is 5.13. The fourth-order valence-corrected chi connectivity index (χ4v) is 8.00. The molecule has 9 nitrogen and oxygen atoms in total. The second-order valence-electron chi connectivity index (χ2n) is 13.1. The summed E-state index contributed by atoms with van der Waals surface area (Å²) in [4.78, 5) is 46.2. The second-order valence-corrected chi connectivity index (χ2v) is 13.5. The number of ether oxygens (including phenoxy) is 1. The van der Waals surface area contributed by atoms with Gasteiger partial charge >= 0.3 is 6.09 Å². The number of hydrogen-bond acceptors (Lipinski definition) is 6. The van der Waals surface area contributed by atoms with Gasteiger partial charge < -0.3 is 25.6 Å². The van der Waals surface area contributed by atoms with Gasteiger partial charge in [-0.15, -0.1) is 0 Å². The van der Waals surface area contributed by atoms with Crippen LogP contribution in [-0.4, -0.2) is 84.0 Å². The van der Waals surface area contributed by atoms with Gasteiger partial charge in [-0.3, -0.25) is 14.5 Å². The van der Waals surface area contributed by atoms with Gasteiger partial charge in [0.2, 0.25) is 5.91 Å². The summed E-state index contributed by atoms with van der Waals surface area (Å²) in [6.07, 6.45) is 6.81. The Bertz CT molecular complexity index is 1370. The molecule has 0 aromatic heterocycles. The Morgan fingerprint density at radius 2 is 1.73 bits per heavy atom. The van der Waals surface area contributed by atoms with Gasteiger partial charge in [0.1, 0.15) is 0 Å². The van der Waals surface area contributed by atoms with Crippen molar-refractivity contribution in [3.8, 4) is 0 Å². The Hall–Kier alpha value is -3.30. The van der Waals surface area contributed by atoms with E-state index in [9.17, 15) is 14.4 Å². The van der Waals surface area contributed by atoms with E-state index >= 15 is 0 Å². The molecule has 2 aromatic carbocycles. The molecule has 3 aliphatic heterocycles. The molecule has 3 amide bonds. The number of para-hydroxylation sites is 1. The molecule has 1 spiro atoms. The number of nitrogen functional groups attached to an aromatic ring is 1. The predicted molar refractivity (Wildman–Crippen MR) is 172 cm³/mol. The number of nitrogens with two attached hydrogens (primary N) is 1. The first-order chi connectivity index (χ1) is 21.2. The van der Waals surface area contributed by atoms with Crippen molar-refractivity contribution in [2.75, 3.05) is 50.3 Å². The molecule has 1 atom stereocenters. The standard InChI is InChI=1S/C34H44ClN5O4/c1-23-19-24(20-27(35)31(23)36)21-29(32(42)39-17-15-38(16-18-39)25-7-3-2-4-8-25)44-33(43)40-13-11-34(12-14-40)22-30(41)37-28-10-6-5-9-26(28)34/h5-6,9-10,19-20,25,29H,2-4,7-8,11-18,21-22,36H2,1H3,(H,37,41)/t29-/m1/s1. The Labute approximate surface area is 265 Å². The highest BCUT2D eigenvalue weighted by atomic mass is 35.5. The van der Waals surface area contributed by atoms with Crippen LogP contribution >= 0.6 is 11.6 Å². The van der Waals surface area contributed by atoms with E-state index in [0.29, 0.717) is 62.2 Å². The van der Waals surface area contributed by atoms with Crippen molar-refractivity contribution < 1.29 is 19.1 Å². The highest BCUT2D eigenvalue weighted by molar-refractivity contribution is 6.33. The third kappa shape index (κ3) is 6.40. The lowest BCUT2D eigenvalue weighted by atomic mass is 9.68. The minimum absolute atomic E-state index is 0.00595. The number of piperazine rings is 1. The summed E-state index contributed by atoms with van der Waals surface area (Å²) >= 11 is 6.39. The van der Waals surface area contributed by atoms with E-state index in [2.05, 4.69) is 16.3 Å². The fraction of sp³-hybridized carbons (Fsp3) is 0.559. The van der Waals surface area contributed by atoms with Crippen LogP contribution in [0.5, 0.6) is 0 Å². The maximum atomic E-state index is 14.0. The van der Waals surface area contributed by atoms with E-state index in [-0.39, 0.29) is 23.7 Å². The Balaban J connectivity index is 1.14. The first-order valence-corrected chi connectivity index (χ1v) is 16.5. The molecule has 44 heavy (non-hydrogen) atoms. The molecule has 6 rings (SSSR count). The quantitative estimate of drug-likeness (QED) is 0.448. The summed E-state index contributed by atoms with van der Waals surface area (Å²) in [5, 5.41) is 3.41. The summed E-state index contributed by atoms with van der Waals surface area (Å²) in [5.74, 6) is -0.162. The third-order valence-corrected chi connectivity index (χ3v) is 10.6. The number of hydrogen-bond donors (Lipinski definition) is 2. The molecule has 236 valence electrons. The molecule has 1 aliphatic carbocycles. The van der Waals surface area contributed by atoms with Crippen molar-refractivity contribution in [2.24, 2.45) is 0 Å². The number of likely N-dealkylation sites (tertiary alicyclic amines) is 1. The zero-order valence-electron chi connectivity index (χ0n) is 25.7. The van der Waals surface area contributed by atoms with Crippen LogP contribution in [0.3, 0.4) is 0 Å². The van der Waals surface area contributed by atoms with Crippen LogP contribution in [0.4, 0.5) is 16.2 Å². The summed E-state index contributed by atoms with van der Waals surface area (Å²) < 4.78 is 6.06. The molecule has 1 saturated carbocycles. The number of rotatable bonds is 5.